The number of hydrogen-bond acceptors (Lipinski definition) is 3. The van der Waals surface area contributed by atoms with E-state index in [1.165, 1.54) is 0 Å². The zero-order valence-corrected chi connectivity index (χ0v) is 12.0. The zero-order chi connectivity index (χ0) is 13.9. The number of nitrogens with one attached hydrogen (secondary N) is 1. The van der Waals surface area contributed by atoms with Gasteiger partial charge in [-0.1, -0.05) is 22.4 Å². The molecule has 1 aliphatic rings. The summed E-state index contributed by atoms with van der Waals surface area (Å²) in [6.07, 6.45) is 3.14. The van der Waals surface area contributed by atoms with Crippen molar-refractivity contribution in [1.82, 2.24) is 0 Å². The topological polar surface area (TPSA) is 73.1 Å². The van der Waals surface area contributed by atoms with Crippen LogP contribution >= 0.6 is 15.9 Å². The summed E-state index contributed by atoms with van der Waals surface area (Å²) in [6.45, 7) is 0.602. The summed E-state index contributed by atoms with van der Waals surface area (Å²) in [5.74, 6) is -0.753. The predicted octanol–water partition coefficient (Wildman–Crippen LogP) is 3.38. The van der Waals surface area contributed by atoms with E-state index in [0.29, 0.717) is 12.1 Å². The largest absolute Gasteiger partial charge is 0.481 e. The Morgan fingerprint density at radius 1 is 1.53 bits per heavy atom. The van der Waals surface area contributed by atoms with Gasteiger partial charge in [-0.25, -0.2) is 0 Å². The molecule has 0 aliphatic heterocycles. The Balaban J connectivity index is 2.08. The van der Waals surface area contributed by atoms with Crippen molar-refractivity contribution in [3.8, 4) is 6.07 Å². The highest BCUT2D eigenvalue weighted by Crippen LogP contribution is 2.44. The van der Waals surface area contributed by atoms with Gasteiger partial charge in [-0.05, 0) is 36.5 Å². The fraction of sp³-hybridized carbons (Fsp3) is 0.429. The third kappa shape index (κ3) is 3.27. The SMILES string of the molecule is N#Cc1ccc(Br)cc1NCC1(CC(=O)O)CCC1. The number of nitrogens with zero attached hydrogens (tertiary/aromatic N) is 1. The molecule has 0 spiro atoms. The van der Waals surface area contributed by atoms with E-state index < -0.39 is 5.97 Å². The summed E-state index contributed by atoms with van der Waals surface area (Å²) in [6, 6.07) is 7.56. The van der Waals surface area contributed by atoms with Crippen molar-refractivity contribution in [2.75, 3.05) is 11.9 Å². The lowest BCUT2D eigenvalue weighted by atomic mass is 9.66. The van der Waals surface area contributed by atoms with Crippen LogP contribution in [-0.4, -0.2) is 17.6 Å². The molecule has 1 saturated carbocycles. The Morgan fingerprint density at radius 2 is 2.26 bits per heavy atom. The quantitative estimate of drug-likeness (QED) is 0.871. The summed E-state index contributed by atoms with van der Waals surface area (Å²) >= 11 is 3.37. The number of hydrogen-bond donors (Lipinski definition) is 2. The van der Waals surface area contributed by atoms with Gasteiger partial charge < -0.3 is 10.4 Å². The van der Waals surface area contributed by atoms with Gasteiger partial charge in [0.25, 0.3) is 0 Å². The van der Waals surface area contributed by atoms with Crippen LogP contribution in [0.1, 0.15) is 31.2 Å². The van der Waals surface area contributed by atoms with Crippen LogP contribution in [-0.2, 0) is 4.79 Å². The minimum atomic E-state index is -0.753. The fourth-order valence-corrected chi connectivity index (χ4v) is 2.82. The molecular weight excluding hydrogens is 308 g/mol. The highest BCUT2D eigenvalue weighted by Gasteiger charge is 2.38. The van der Waals surface area contributed by atoms with E-state index in [1.807, 2.05) is 12.1 Å². The molecule has 0 atom stereocenters. The standard InChI is InChI=1S/C14H15BrN2O2/c15-11-3-2-10(8-16)12(6-11)17-9-14(4-1-5-14)7-13(18)19/h2-3,6,17H,1,4-5,7,9H2,(H,18,19). The Hall–Kier alpha value is -1.54. The normalized spacial score (nSPS) is 16.2. The lowest BCUT2D eigenvalue weighted by Gasteiger charge is -2.41. The van der Waals surface area contributed by atoms with Gasteiger partial charge >= 0.3 is 5.97 Å². The molecule has 1 aromatic carbocycles. The highest BCUT2D eigenvalue weighted by atomic mass is 79.9. The number of carbonyl (C=O) groups is 1. The Kier molecular flexibility index (Phi) is 4.11. The van der Waals surface area contributed by atoms with Crippen LogP contribution in [0.15, 0.2) is 22.7 Å². The monoisotopic (exact) mass is 322 g/mol. The van der Waals surface area contributed by atoms with Gasteiger partial charge in [-0.2, -0.15) is 5.26 Å². The van der Waals surface area contributed by atoms with E-state index in [2.05, 4.69) is 27.3 Å². The number of carboxylic acid groups (broad SMARTS) is 1. The molecule has 1 aromatic rings. The van der Waals surface area contributed by atoms with E-state index in [-0.39, 0.29) is 11.8 Å². The van der Waals surface area contributed by atoms with Crippen molar-refractivity contribution in [2.45, 2.75) is 25.7 Å². The first kappa shape index (κ1) is 13.9. The van der Waals surface area contributed by atoms with Gasteiger partial charge in [-0.15, -0.1) is 0 Å². The molecule has 4 nitrogen and oxygen atoms in total. The molecule has 100 valence electrons. The average Bonchev–Trinajstić information content (AvgIpc) is 2.32. The van der Waals surface area contributed by atoms with Gasteiger partial charge in [0.2, 0.25) is 0 Å². The van der Waals surface area contributed by atoms with Crippen molar-refractivity contribution in [2.24, 2.45) is 5.41 Å². The number of halogens is 1. The van der Waals surface area contributed by atoms with E-state index in [0.717, 1.165) is 29.4 Å². The maximum Gasteiger partial charge on any atom is 0.303 e. The first-order chi connectivity index (χ1) is 9.04. The van der Waals surface area contributed by atoms with Crippen molar-refractivity contribution in [3.63, 3.8) is 0 Å². The summed E-state index contributed by atoms with van der Waals surface area (Å²) < 4.78 is 0.898. The second-order valence-electron chi connectivity index (χ2n) is 5.08. The molecular formula is C14H15BrN2O2. The summed E-state index contributed by atoms with van der Waals surface area (Å²) in [5.41, 5.74) is 1.18. The highest BCUT2D eigenvalue weighted by molar-refractivity contribution is 9.10. The molecule has 2 rings (SSSR count). The van der Waals surface area contributed by atoms with Gasteiger partial charge in [0.1, 0.15) is 6.07 Å². The lowest BCUT2D eigenvalue weighted by Crippen LogP contribution is -2.38. The van der Waals surface area contributed by atoms with Crippen LogP contribution in [0.2, 0.25) is 0 Å². The number of benzene rings is 1. The maximum absolute atomic E-state index is 10.9. The number of aliphatic carboxylic acids is 1. The zero-order valence-electron chi connectivity index (χ0n) is 10.4. The number of rotatable bonds is 5. The Morgan fingerprint density at radius 3 is 2.79 bits per heavy atom. The second kappa shape index (κ2) is 5.62. The Bertz CT molecular complexity index is 533. The molecule has 0 amide bonds. The van der Waals surface area contributed by atoms with Crippen molar-refractivity contribution < 1.29 is 9.90 Å². The van der Waals surface area contributed by atoms with Crippen LogP contribution in [0.3, 0.4) is 0 Å². The molecule has 2 N–H and O–H groups in total. The molecule has 0 unspecified atom stereocenters. The maximum atomic E-state index is 10.9. The van der Waals surface area contributed by atoms with E-state index in [4.69, 9.17) is 10.4 Å². The van der Waals surface area contributed by atoms with Gasteiger partial charge in [-0.3, -0.25) is 4.79 Å². The number of nitriles is 1. The average molecular weight is 323 g/mol. The third-order valence-electron chi connectivity index (χ3n) is 3.70. The molecule has 0 heterocycles. The molecule has 0 radical (unpaired) electrons. The second-order valence-corrected chi connectivity index (χ2v) is 6.00. The summed E-state index contributed by atoms with van der Waals surface area (Å²) in [5, 5.41) is 21.3. The van der Waals surface area contributed by atoms with Crippen LogP contribution in [0.4, 0.5) is 5.69 Å². The smallest absolute Gasteiger partial charge is 0.303 e. The van der Waals surface area contributed by atoms with Crippen LogP contribution in [0, 0.1) is 16.7 Å². The molecule has 1 aliphatic carbocycles. The lowest BCUT2D eigenvalue weighted by molar-refractivity contribution is -0.141. The summed E-state index contributed by atoms with van der Waals surface area (Å²) in [4.78, 5) is 10.9. The van der Waals surface area contributed by atoms with Gasteiger partial charge in [0.15, 0.2) is 0 Å². The van der Waals surface area contributed by atoms with E-state index in [9.17, 15) is 4.79 Å². The first-order valence-corrected chi connectivity index (χ1v) is 6.99. The van der Waals surface area contributed by atoms with Crippen molar-refractivity contribution in [1.29, 1.82) is 5.26 Å². The molecule has 0 aromatic heterocycles. The van der Waals surface area contributed by atoms with Crippen LogP contribution in [0.5, 0.6) is 0 Å². The van der Waals surface area contributed by atoms with E-state index >= 15 is 0 Å². The molecule has 0 saturated heterocycles. The number of anilines is 1. The van der Waals surface area contributed by atoms with Crippen molar-refractivity contribution >= 4 is 27.6 Å². The third-order valence-corrected chi connectivity index (χ3v) is 4.19. The minimum absolute atomic E-state index is 0.152. The molecule has 19 heavy (non-hydrogen) atoms. The van der Waals surface area contributed by atoms with E-state index in [1.54, 1.807) is 6.07 Å². The first-order valence-electron chi connectivity index (χ1n) is 6.20. The number of carboxylic acids is 1. The molecule has 5 heteroatoms. The van der Waals surface area contributed by atoms with Crippen LogP contribution < -0.4 is 5.32 Å². The van der Waals surface area contributed by atoms with Crippen LogP contribution in [0.25, 0.3) is 0 Å². The molecule has 1 fully saturated rings. The fourth-order valence-electron chi connectivity index (χ4n) is 2.46. The van der Waals surface area contributed by atoms with Crippen molar-refractivity contribution in [3.05, 3.63) is 28.2 Å². The summed E-state index contributed by atoms with van der Waals surface area (Å²) in [7, 11) is 0. The minimum Gasteiger partial charge on any atom is -0.481 e. The predicted molar refractivity (Wildman–Crippen MR) is 75.9 cm³/mol. The van der Waals surface area contributed by atoms with Gasteiger partial charge in [0.05, 0.1) is 17.7 Å². The Labute approximate surface area is 120 Å². The molecule has 0 bridgehead atoms. The van der Waals surface area contributed by atoms with Gasteiger partial charge in [0, 0.05) is 11.0 Å².